The third kappa shape index (κ3) is 1.70. The normalized spacial score (nSPS) is 23.4. The van der Waals surface area contributed by atoms with Crippen LogP contribution in [0.1, 0.15) is 12.8 Å². The average Bonchev–Trinajstić information content (AvgIpc) is 2.10. The molecule has 0 radical (unpaired) electrons. The largest absolute Gasteiger partial charge is 0.477 e. The van der Waals surface area contributed by atoms with Gasteiger partial charge < -0.3 is 10.0 Å². The van der Waals surface area contributed by atoms with E-state index in [0.29, 0.717) is 0 Å². The van der Waals surface area contributed by atoms with Gasteiger partial charge in [0.05, 0.1) is 0 Å². The molecular weight excluding hydrogens is 199 g/mol. The van der Waals surface area contributed by atoms with Crippen LogP contribution >= 0.6 is 0 Å². The summed E-state index contributed by atoms with van der Waals surface area (Å²) in [6, 6.07) is 0. The molecule has 1 fully saturated rings. The van der Waals surface area contributed by atoms with Crippen LogP contribution < -0.4 is 0 Å². The number of rotatable bonds is 2. The van der Waals surface area contributed by atoms with Gasteiger partial charge in [0.25, 0.3) is 0 Å². The van der Waals surface area contributed by atoms with Crippen molar-refractivity contribution < 1.29 is 23.1 Å². The van der Waals surface area contributed by atoms with Crippen molar-refractivity contribution in [1.82, 2.24) is 4.90 Å². The first-order valence-corrected chi connectivity index (χ1v) is 4.28. The molecule has 0 saturated carbocycles. The Morgan fingerprint density at radius 3 is 2.21 bits per heavy atom. The Bertz CT molecular complexity index is 237. The van der Waals surface area contributed by atoms with Gasteiger partial charge in [-0.25, -0.2) is 9.18 Å². The van der Waals surface area contributed by atoms with Gasteiger partial charge in [0, 0.05) is 25.9 Å². The highest BCUT2D eigenvalue weighted by Crippen LogP contribution is 2.40. The molecule has 1 rings (SSSR count). The molecule has 6 heteroatoms. The molecule has 0 aliphatic carbocycles. The van der Waals surface area contributed by atoms with Gasteiger partial charge in [-0.15, -0.1) is 0 Å². The van der Waals surface area contributed by atoms with Gasteiger partial charge in [-0.3, -0.25) is 0 Å². The lowest BCUT2D eigenvalue weighted by Crippen LogP contribution is -2.55. The SMILES string of the molecule is CN1CCC(F)(C(F)(F)C(=O)O)CC1. The average molecular weight is 211 g/mol. The summed E-state index contributed by atoms with van der Waals surface area (Å²) in [6.07, 6.45) is -0.883. The number of alkyl halides is 3. The number of hydrogen-bond donors (Lipinski definition) is 1. The summed E-state index contributed by atoms with van der Waals surface area (Å²) in [6.45, 7) is 0.304. The maximum atomic E-state index is 13.6. The van der Waals surface area contributed by atoms with Crippen molar-refractivity contribution in [2.45, 2.75) is 24.4 Å². The highest BCUT2D eigenvalue weighted by atomic mass is 19.3. The molecule has 0 atom stereocenters. The molecule has 0 spiro atoms. The van der Waals surface area contributed by atoms with Gasteiger partial charge in [-0.1, -0.05) is 0 Å². The van der Waals surface area contributed by atoms with Crippen LogP contribution in [-0.2, 0) is 4.79 Å². The van der Waals surface area contributed by atoms with Crippen molar-refractivity contribution in [1.29, 1.82) is 0 Å². The predicted molar refractivity (Wildman–Crippen MR) is 43.2 cm³/mol. The van der Waals surface area contributed by atoms with Gasteiger partial charge in [-0.05, 0) is 7.05 Å². The van der Waals surface area contributed by atoms with Crippen LogP contribution in [0.4, 0.5) is 13.2 Å². The van der Waals surface area contributed by atoms with Gasteiger partial charge in [0.15, 0.2) is 5.67 Å². The first-order valence-electron chi connectivity index (χ1n) is 4.28. The molecular formula is C8H12F3NO2. The second kappa shape index (κ2) is 3.42. The van der Waals surface area contributed by atoms with Gasteiger partial charge in [0.1, 0.15) is 0 Å². The van der Waals surface area contributed by atoms with Gasteiger partial charge in [-0.2, -0.15) is 8.78 Å². The molecule has 0 aromatic carbocycles. The molecule has 0 bridgehead atoms. The number of piperidine rings is 1. The lowest BCUT2D eigenvalue weighted by molar-refractivity contribution is -0.198. The summed E-state index contributed by atoms with van der Waals surface area (Å²) in [5.41, 5.74) is -2.90. The lowest BCUT2D eigenvalue weighted by Gasteiger charge is -2.37. The molecule has 1 aliphatic heterocycles. The minimum Gasteiger partial charge on any atom is -0.477 e. The van der Waals surface area contributed by atoms with Crippen molar-refractivity contribution in [3.63, 3.8) is 0 Å². The van der Waals surface area contributed by atoms with Crippen LogP contribution in [0.2, 0.25) is 0 Å². The summed E-state index contributed by atoms with van der Waals surface area (Å²) < 4.78 is 39.5. The first-order chi connectivity index (χ1) is 6.29. The van der Waals surface area contributed by atoms with Crippen molar-refractivity contribution in [2.24, 2.45) is 0 Å². The lowest BCUT2D eigenvalue weighted by atomic mass is 9.87. The van der Waals surface area contributed by atoms with Crippen LogP contribution in [0.15, 0.2) is 0 Å². The number of carboxylic acids is 1. The molecule has 1 heterocycles. The number of carboxylic acid groups (broad SMARTS) is 1. The molecule has 82 valence electrons. The number of carbonyl (C=O) groups is 1. The summed E-state index contributed by atoms with van der Waals surface area (Å²) >= 11 is 0. The van der Waals surface area contributed by atoms with Crippen LogP contribution in [0.25, 0.3) is 0 Å². The van der Waals surface area contributed by atoms with E-state index in [4.69, 9.17) is 5.11 Å². The second-order valence-corrected chi connectivity index (χ2v) is 3.65. The standard InChI is InChI=1S/C8H12F3NO2/c1-12-4-2-7(9,3-5-12)8(10,11)6(13)14/h2-5H2,1H3,(H,13,14). The summed E-state index contributed by atoms with van der Waals surface area (Å²) in [5, 5.41) is 8.22. The Labute approximate surface area is 79.5 Å². The summed E-state index contributed by atoms with van der Waals surface area (Å²) in [7, 11) is 1.68. The Hall–Kier alpha value is -0.780. The fraction of sp³-hybridized carbons (Fsp3) is 0.875. The molecule has 14 heavy (non-hydrogen) atoms. The zero-order valence-electron chi connectivity index (χ0n) is 7.76. The Kier molecular flexibility index (Phi) is 2.76. The van der Waals surface area contributed by atoms with Crippen LogP contribution in [-0.4, -0.2) is 47.7 Å². The zero-order chi connectivity index (χ0) is 11.0. The van der Waals surface area contributed by atoms with Crippen molar-refractivity contribution >= 4 is 5.97 Å². The molecule has 1 N–H and O–H groups in total. The zero-order valence-corrected chi connectivity index (χ0v) is 7.76. The summed E-state index contributed by atoms with van der Waals surface area (Å²) in [4.78, 5) is 11.9. The van der Waals surface area contributed by atoms with E-state index in [2.05, 4.69) is 0 Å². The Balaban J connectivity index is 2.80. The molecule has 1 aliphatic rings. The third-order valence-corrected chi connectivity index (χ3v) is 2.61. The molecule has 0 aromatic heterocycles. The quantitative estimate of drug-likeness (QED) is 0.744. The second-order valence-electron chi connectivity index (χ2n) is 3.65. The van der Waals surface area contributed by atoms with E-state index >= 15 is 0 Å². The molecule has 0 amide bonds. The third-order valence-electron chi connectivity index (χ3n) is 2.61. The van der Waals surface area contributed by atoms with E-state index in [1.54, 1.807) is 11.9 Å². The van der Waals surface area contributed by atoms with Gasteiger partial charge >= 0.3 is 11.9 Å². The van der Waals surface area contributed by atoms with E-state index in [-0.39, 0.29) is 13.1 Å². The fourth-order valence-electron chi connectivity index (χ4n) is 1.48. The number of halogens is 3. The monoisotopic (exact) mass is 211 g/mol. The Morgan fingerprint density at radius 2 is 1.86 bits per heavy atom. The van der Waals surface area contributed by atoms with Gasteiger partial charge in [0.2, 0.25) is 0 Å². The van der Waals surface area contributed by atoms with Crippen LogP contribution in [0.3, 0.4) is 0 Å². The minimum absolute atomic E-state index is 0.152. The maximum Gasteiger partial charge on any atom is 0.378 e. The van der Waals surface area contributed by atoms with E-state index in [1.807, 2.05) is 0 Å². The maximum absolute atomic E-state index is 13.6. The highest BCUT2D eigenvalue weighted by molar-refractivity contribution is 5.77. The van der Waals surface area contributed by atoms with E-state index in [9.17, 15) is 18.0 Å². The van der Waals surface area contributed by atoms with Crippen molar-refractivity contribution in [3.05, 3.63) is 0 Å². The first kappa shape index (κ1) is 11.3. The number of likely N-dealkylation sites (tertiary alicyclic amines) is 1. The molecule has 0 unspecified atom stereocenters. The molecule has 0 aromatic rings. The van der Waals surface area contributed by atoms with Crippen molar-refractivity contribution in [3.8, 4) is 0 Å². The smallest absolute Gasteiger partial charge is 0.378 e. The van der Waals surface area contributed by atoms with Crippen molar-refractivity contribution in [2.75, 3.05) is 20.1 Å². The minimum atomic E-state index is -4.28. The number of aliphatic carboxylic acids is 1. The van der Waals surface area contributed by atoms with Crippen LogP contribution in [0.5, 0.6) is 0 Å². The topological polar surface area (TPSA) is 40.5 Å². The molecule has 3 nitrogen and oxygen atoms in total. The number of hydrogen-bond acceptors (Lipinski definition) is 2. The van der Waals surface area contributed by atoms with E-state index in [1.165, 1.54) is 0 Å². The number of nitrogens with zero attached hydrogens (tertiary/aromatic N) is 1. The predicted octanol–water partition coefficient (Wildman–Crippen LogP) is 1.14. The summed E-state index contributed by atoms with van der Waals surface area (Å²) in [5.74, 6) is -6.67. The van der Waals surface area contributed by atoms with E-state index in [0.717, 1.165) is 0 Å². The fourth-order valence-corrected chi connectivity index (χ4v) is 1.48. The highest BCUT2D eigenvalue weighted by Gasteiger charge is 2.61. The van der Waals surface area contributed by atoms with Crippen LogP contribution in [0, 0.1) is 0 Å². The Morgan fingerprint density at radius 1 is 1.43 bits per heavy atom. The van der Waals surface area contributed by atoms with E-state index < -0.39 is 30.4 Å². The molecule has 1 saturated heterocycles.